The molecule has 112 valence electrons. The predicted molar refractivity (Wildman–Crippen MR) is 77.2 cm³/mol. The lowest BCUT2D eigenvalue weighted by Gasteiger charge is -2.30. The average Bonchev–Trinajstić information content (AvgIpc) is 2.94. The van der Waals surface area contributed by atoms with Crippen LogP contribution in [-0.4, -0.2) is 40.8 Å². The zero-order valence-electron chi connectivity index (χ0n) is 12.7. The molecule has 2 heterocycles. The summed E-state index contributed by atoms with van der Waals surface area (Å²) in [5, 5.41) is 4.62. The molecule has 1 fully saturated rings. The number of esters is 1. The number of ether oxygens (including phenoxy) is 1. The molecule has 0 bridgehead atoms. The van der Waals surface area contributed by atoms with Crippen molar-refractivity contribution in [2.45, 2.75) is 45.7 Å². The molecule has 2 atom stereocenters. The van der Waals surface area contributed by atoms with Gasteiger partial charge in [-0.25, -0.2) is 0 Å². The Kier molecular flexibility index (Phi) is 5.17. The zero-order valence-corrected chi connectivity index (χ0v) is 12.7. The molecule has 0 N–H and O–H groups in total. The van der Waals surface area contributed by atoms with Gasteiger partial charge in [0.15, 0.2) is 0 Å². The summed E-state index contributed by atoms with van der Waals surface area (Å²) < 4.78 is 6.88. The van der Waals surface area contributed by atoms with Crippen molar-refractivity contribution in [2.24, 2.45) is 5.92 Å². The number of likely N-dealkylation sites (tertiary alicyclic amines) is 1. The van der Waals surface area contributed by atoms with E-state index < -0.39 is 0 Å². The molecule has 2 unspecified atom stereocenters. The minimum Gasteiger partial charge on any atom is -0.469 e. The van der Waals surface area contributed by atoms with E-state index in [2.05, 4.69) is 29.9 Å². The Balaban J connectivity index is 1.92. The number of carbonyl (C=O) groups is 1. The summed E-state index contributed by atoms with van der Waals surface area (Å²) in [6, 6.07) is 2.52. The number of hydrogen-bond acceptors (Lipinski definition) is 4. The van der Waals surface area contributed by atoms with E-state index in [-0.39, 0.29) is 11.9 Å². The Morgan fingerprint density at radius 3 is 3.10 bits per heavy atom. The summed E-state index contributed by atoms with van der Waals surface area (Å²) in [5.41, 5.74) is 1.08. The standard InChI is InChI=1S/C15H25N3O2/c1-4-12(2)18-9-7-14(16-18)11-17-8-5-6-13(10-17)15(19)20-3/h7,9,12-13H,4-6,8,10-11H2,1-3H3. The van der Waals surface area contributed by atoms with E-state index in [1.54, 1.807) is 0 Å². The quantitative estimate of drug-likeness (QED) is 0.776. The van der Waals surface area contributed by atoms with Crippen molar-refractivity contribution < 1.29 is 9.53 Å². The molecule has 0 amide bonds. The number of aromatic nitrogens is 2. The average molecular weight is 279 g/mol. The Hall–Kier alpha value is -1.36. The van der Waals surface area contributed by atoms with Crippen LogP contribution in [0.3, 0.4) is 0 Å². The lowest BCUT2D eigenvalue weighted by atomic mass is 9.98. The van der Waals surface area contributed by atoms with E-state index in [0.29, 0.717) is 6.04 Å². The molecule has 0 saturated carbocycles. The number of hydrogen-bond donors (Lipinski definition) is 0. The summed E-state index contributed by atoms with van der Waals surface area (Å²) in [4.78, 5) is 13.9. The van der Waals surface area contributed by atoms with Gasteiger partial charge in [-0.3, -0.25) is 14.4 Å². The summed E-state index contributed by atoms with van der Waals surface area (Å²) in [5.74, 6) is -0.0646. The van der Waals surface area contributed by atoms with Crippen LogP contribution < -0.4 is 0 Å². The molecule has 0 radical (unpaired) electrons. The third kappa shape index (κ3) is 3.60. The Labute approximate surface area is 120 Å². The monoisotopic (exact) mass is 279 g/mol. The van der Waals surface area contributed by atoms with Crippen LogP contribution in [0, 0.1) is 5.92 Å². The van der Waals surface area contributed by atoms with Gasteiger partial charge in [0.2, 0.25) is 0 Å². The fourth-order valence-electron chi connectivity index (χ4n) is 2.68. The highest BCUT2D eigenvalue weighted by molar-refractivity contribution is 5.72. The highest BCUT2D eigenvalue weighted by Crippen LogP contribution is 2.19. The van der Waals surface area contributed by atoms with Crippen LogP contribution in [0.5, 0.6) is 0 Å². The van der Waals surface area contributed by atoms with Gasteiger partial charge in [-0.2, -0.15) is 5.10 Å². The van der Waals surface area contributed by atoms with Crippen LogP contribution in [0.15, 0.2) is 12.3 Å². The second-order valence-corrected chi connectivity index (χ2v) is 5.64. The SMILES string of the molecule is CCC(C)n1ccc(CN2CCCC(C(=O)OC)C2)n1. The molecule has 20 heavy (non-hydrogen) atoms. The maximum Gasteiger partial charge on any atom is 0.309 e. The second-order valence-electron chi connectivity index (χ2n) is 5.64. The minimum absolute atomic E-state index is 0.0189. The first-order chi connectivity index (χ1) is 9.63. The van der Waals surface area contributed by atoms with Gasteiger partial charge in [-0.1, -0.05) is 6.92 Å². The van der Waals surface area contributed by atoms with Gasteiger partial charge in [-0.15, -0.1) is 0 Å². The van der Waals surface area contributed by atoms with Crippen molar-refractivity contribution >= 4 is 5.97 Å². The van der Waals surface area contributed by atoms with Crippen LogP contribution >= 0.6 is 0 Å². The van der Waals surface area contributed by atoms with Gasteiger partial charge in [0.05, 0.1) is 18.7 Å². The van der Waals surface area contributed by atoms with E-state index in [1.807, 2.05) is 10.9 Å². The zero-order chi connectivity index (χ0) is 14.5. The van der Waals surface area contributed by atoms with Gasteiger partial charge >= 0.3 is 5.97 Å². The largest absolute Gasteiger partial charge is 0.469 e. The Bertz CT molecular complexity index is 444. The first kappa shape index (κ1) is 15.0. The van der Waals surface area contributed by atoms with Gasteiger partial charge in [-0.05, 0) is 38.8 Å². The smallest absolute Gasteiger partial charge is 0.309 e. The number of piperidine rings is 1. The molecule has 1 aliphatic rings. The van der Waals surface area contributed by atoms with Gasteiger partial charge in [0.1, 0.15) is 0 Å². The maximum atomic E-state index is 11.6. The van der Waals surface area contributed by atoms with Crippen molar-refractivity contribution in [3.05, 3.63) is 18.0 Å². The second kappa shape index (κ2) is 6.88. The third-order valence-corrected chi connectivity index (χ3v) is 4.13. The summed E-state index contributed by atoms with van der Waals surface area (Å²) in [7, 11) is 1.47. The fourth-order valence-corrected chi connectivity index (χ4v) is 2.68. The van der Waals surface area contributed by atoms with Crippen LogP contribution in [0.4, 0.5) is 0 Å². The molecule has 2 rings (SSSR count). The molecule has 1 aromatic rings. The van der Waals surface area contributed by atoms with E-state index in [4.69, 9.17) is 4.74 Å². The lowest BCUT2D eigenvalue weighted by Crippen LogP contribution is -2.38. The topological polar surface area (TPSA) is 47.4 Å². The van der Waals surface area contributed by atoms with Crippen LogP contribution in [0.1, 0.15) is 44.8 Å². The minimum atomic E-state index is -0.0835. The van der Waals surface area contributed by atoms with Gasteiger partial charge < -0.3 is 4.74 Å². The van der Waals surface area contributed by atoms with E-state index >= 15 is 0 Å². The molecule has 1 aliphatic heterocycles. The highest BCUT2D eigenvalue weighted by atomic mass is 16.5. The lowest BCUT2D eigenvalue weighted by molar-refractivity contribution is -0.147. The summed E-state index contributed by atoms with van der Waals surface area (Å²) in [6.45, 7) is 6.96. The fraction of sp³-hybridized carbons (Fsp3) is 0.733. The summed E-state index contributed by atoms with van der Waals surface area (Å²) in [6.07, 6.45) is 5.11. The van der Waals surface area contributed by atoms with Crippen molar-refractivity contribution in [1.82, 2.24) is 14.7 Å². The first-order valence-corrected chi connectivity index (χ1v) is 7.48. The van der Waals surface area contributed by atoms with Gasteiger partial charge in [0, 0.05) is 25.3 Å². The molecule has 0 aliphatic carbocycles. The maximum absolute atomic E-state index is 11.6. The number of carbonyl (C=O) groups excluding carboxylic acids is 1. The molecular weight excluding hydrogens is 254 g/mol. The number of nitrogens with zero attached hydrogens (tertiary/aromatic N) is 3. The normalized spacial score (nSPS) is 21.6. The molecule has 1 saturated heterocycles. The molecule has 5 heteroatoms. The van der Waals surface area contributed by atoms with E-state index in [1.165, 1.54) is 7.11 Å². The molecular formula is C15H25N3O2. The summed E-state index contributed by atoms with van der Waals surface area (Å²) >= 11 is 0. The number of rotatable bonds is 5. The third-order valence-electron chi connectivity index (χ3n) is 4.13. The van der Waals surface area contributed by atoms with Crippen molar-refractivity contribution in [3.63, 3.8) is 0 Å². The molecule has 0 aromatic carbocycles. The Morgan fingerprint density at radius 1 is 1.60 bits per heavy atom. The van der Waals surface area contributed by atoms with Crippen LogP contribution in [-0.2, 0) is 16.1 Å². The van der Waals surface area contributed by atoms with Crippen molar-refractivity contribution in [2.75, 3.05) is 20.2 Å². The highest BCUT2D eigenvalue weighted by Gasteiger charge is 2.26. The van der Waals surface area contributed by atoms with Crippen molar-refractivity contribution in [3.8, 4) is 0 Å². The van der Waals surface area contributed by atoms with Crippen LogP contribution in [0.2, 0.25) is 0 Å². The van der Waals surface area contributed by atoms with E-state index in [9.17, 15) is 4.79 Å². The van der Waals surface area contributed by atoms with E-state index in [0.717, 1.165) is 44.6 Å². The van der Waals surface area contributed by atoms with Crippen molar-refractivity contribution in [1.29, 1.82) is 0 Å². The van der Waals surface area contributed by atoms with Crippen LogP contribution in [0.25, 0.3) is 0 Å². The molecule has 0 spiro atoms. The first-order valence-electron chi connectivity index (χ1n) is 7.48. The van der Waals surface area contributed by atoms with Gasteiger partial charge in [0.25, 0.3) is 0 Å². The number of methoxy groups -OCH3 is 1. The predicted octanol–water partition coefficient (Wildman–Crippen LogP) is 2.24. The molecule has 1 aromatic heterocycles. The Morgan fingerprint density at radius 2 is 2.40 bits per heavy atom. The molecule has 5 nitrogen and oxygen atoms in total.